The van der Waals surface area contributed by atoms with Gasteiger partial charge in [0, 0.05) is 16.7 Å². The zero-order chi connectivity index (χ0) is 13.0. The van der Waals surface area contributed by atoms with E-state index in [0.717, 1.165) is 5.56 Å². The molecule has 0 fully saturated rings. The topological polar surface area (TPSA) is 55.1 Å². The van der Waals surface area contributed by atoms with Gasteiger partial charge < -0.3 is 9.84 Å². The van der Waals surface area contributed by atoms with E-state index in [1.165, 1.54) is 0 Å². The van der Waals surface area contributed by atoms with Crippen molar-refractivity contribution in [1.29, 1.82) is 0 Å². The predicted octanol–water partition coefficient (Wildman–Crippen LogP) is 2.82. The Hall–Kier alpha value is -2.07. The quantitative estimate of drug-likeness (QED) is 0.922. The molecule has 1 heterocycles. The van der Waals surface area contributed by atoms with Crippen LogP contribution >= 0.6 is 11.6 Å². The van der Waals surface area contributed by atoms with Crippen molar-refractivity contribution >= 4 is 17.5 Å². The van der Waals surface area contributed by atoms with Crippen LogP contribution in [0.4, 0.5) is 0 Å². The molecule has 0 unspecified atom stereocenters. The molecule has 18 heavy (non-hydrogen) atoms. The number of hydrogen-bond donors (Lipinski definition) is 1. The van der Waals surface area contributed by atoms with E-state index in [1.807, 2.05) is 30.3 Å². The lowest BCUT2D eigenvalue weighted by Crippen LogP contribution is -2.23. The van der Waals surface area contributed by atoms with Gasteiger partial charge in [0.2, 0.25) is 5.76 Å². The number of rotatable bonds is 4. The second-order valence-electron chi connectivity index (χ2n) is 3.64. The molecular formula is C13H11ClN2O2. The molecule has 0 aliphatic carbocycles. The molecule has 2 rings (SSSR count). The fraction of sp³-hybridized carbons (Fsp3) is 0.0769. The lowest BCUT2D eigenvalue weighted by molar-refractivity contribution is 0.0921. The van der Waals surface area contributed by atoms with Crippen LogP contribution in [0.5, 0.6) is 0 Å². The van der Waals surface area contributed by atoms with Crippen molar-refractivity contribution in [3.8, 4) is 11.3 Å². The summed E-state index contributed by atoms with van der Waals surface area (Å²) in [6, 6.07) is 11.0. The first-order chi connectivity index (χ1) is 8.66. The van der Waals surface area contributed by atoms with Gasteiger partial charge >= 0.3 is 0 Å². The molecular weight excluding hydrogens is 252 g/mol. The Labute approximate surface area is 109 Å². The largest absolute Gasteiger partial charge is 0.350 e. The minimum atomic E-state index is -0.369. The lowest BCUT2D eigenvalue weighted by atomic mass is 10.1. The van der Waals surface area contributed by atoms with Gasteiger partial charge in [-0.25, -0.2) is 0 Å². The highest BCUT2D eigenvalue weighted by Crippen LogP contribution is 2.18. The highest BCUT2D eigenvalue weighted by molar-refractivity contribution is 6.29. The van der Waals surface area contributed by atoms with Crippen LogP contribution in [0.2, 0.25) is 0 Å². The Morgan fingerprint density at radius 1 is 1.39 bits per heavy atom. The van der Waals surface area contributed by atoms with Crippen LogP contribution in [0.25, 0.3) is 11.3 Å². The molecule has 1 amide bonds. The Morgan fingerprint density at radius 3 is 2.78 bits per heavy atom. The molecule has 1 aromatic heterocycles. The van der Waals surface area contributed by atoms with Crippen molar-refractivity contribution in [1.82, 2.24) is 10.5 Å². The monoisotopic (exact) mass is 262 g/mol. The van der Waals surface area contributed by atoms with E-state index in [0.29, 0.717) is 10.7 Å². The fourth-order valence-corrected chi connectivity index (χ4v) is 1.46. The van der Waals surface area contributed by atoms with Gasteiger partial charge in [-0.15, -0.1) is 0 Å². The van der Waals surface area contributed by atoms with E-state index in [-0.39, 0.29) is 18.2 Å². The number of nitrogens with zero attached hydrogens (tertiary/aromatic N) is 1. The SMILES string of the molecule is C=C(Cl)CNC(=O)c1cc(-c2ccccc2)no1. The molecule has 0 aliphatic rings. The zero-order valence-electron chi connectivity index (χ0n) is 9.52. The fourth-order valence-electron chi connectivity index (χ4n) is 1.39. The Bertz CT molecular complexity index is 563. The number of carbonyl (C=O) groups is 1. The van der Waals surface area contributed by atoms with Gasteiger partial charge in [-0.3, -0.25) is 4.79 Å². The molecule has 0 atom stereocenters. The number of carbonyl (C=O) groups excluding carboxylic acids is 1. The van der Waals surface area contributed by atoms with Gasteiger partial charge in [-0.2, -0.15) is 0 Å². The number of hydrogen-bond acceptors (Lipinski definition) is 3. The number of benzene rings is 1. The van der Waals surface area contributed by atoms with Crippen molar-refractivity contribution in [3.05, 3.63) is 53.8 Å². The van der Waals surface area contributed by atoms with Crippen LogP contribution in [0.3, 0.4) is 0 Å². The van der Waals surface area contributed by atoms with Crippen LogP contribution in [0.15, 0.2) is 52.5 Å². The molecule has 0 bridgehead atoms. The highest BCUT2D eigenvalue weighted by atomic mass is 35.5. The smallest absolute Gasteiger partial charge is 0.290 e. The summed E-state index contributed by atoms with van der Waals surface area (Å²) in [5.41, 5.74) is 1.51. The molecule has 0 saturated heterocycles. The Kier molecular flexibility index (Phi) is 3.79. The minimum Gasteiger partial charge on any atom is -0.350 e. The van der Waals surface area contributed by atoms with Crippen LogP contribution in [0, 0.1) is 0 Å². The molecule has 1 N–H and O–H groups in total. The maximum absolute atomic E-state index is 11.6. The molecule has 4 nitrogen and oxygen atoms in total. The van der Waals surface area contributed by atoms with Crippen molar-refractivity contribution in [2.24, 2.45) is 0 Å². The van der Waals surface area contributed by atoms with E-state index < -0.39 is 0 Å². The number of amides is 1. The summed E-state index contributed by atoms with van der Waals surface area (Å²) in [6.45, 7) is 3.67. The molecule has 0 radical (unpaired) electrons. The second-order valence-corrected chi connectivity index (χ2v) is 4.18. The summed E-state index contributed by atoms with van der Waals surface area (Å²) >= 11 is 5.55. The van der Waals surface area contributed by atoms with Gasteiger partial charge in [0.15, 0.2) is 0 Å². The van der Waals surface area contributed by atoms with Gasteiger partial charge in [-0.05, 0) is 0 Å². The van der Waals surface area contributed by atoms with E-state index in [4.69, 9.17) is 16.1 Å². The summed E-state index contributed by atoms with van der Waals surface area (Å²) < 4.78 is 4.98. The predicted molar refractivity (Wildman–Crippen MR) is 69.3 cm³/mol. The van der Waals surface area contributed by atoms with Crippen molar-refractivity contribution in [2.45, 2.75) is 0 Å². The molecule has 0 spiro atoms. The van der Waals surface area contributed by atoms with Crippen LogP contribution < -0.4 is 5.32 Å². The van der Waals surface area contributed by atoms with Crippen molar-refractivity contribution in [3.63, 3.8) is 0 Å². The van der Waals surface area contributed by atoms with E-state index in [1.54, 1.807) is 6.07 Å². The maximum atomic E-state index is 11.6. The number of halogens is 1. The van der Waals surface area contributed by atoms with Gasteiger partial charge in [0.25, 0.3) is 5.91 Å². The summed E-state index contributed by atoms with van der Waals surface area (Å²) in [6.07, 6.45) is 0. The summed E-state index contributed by atoms with van der Waals surface area (Å²) in [5.74, 6) is -0.224. The van der Waals surface area contributed by atoms with E-state index in [2.05, 4.69) is 17.1 Å². The standard InChI is InChI=1S/C13H11ClN2O2/c1-9(14)8-15-13(17)12-7-11(16-18-12)10-5-3-2-4-6-10/h2-7H,1,8H2,(H,15,17). The first-order valence-electron chi connectivity index (χ1n) is 5.30. The second kappa shape index (κ2) is 5.51. The van der Waals surface area contributed by atoms with Gasteiger partial charge in [-0.1, -0.05) is 53.7 Å². The molecule has 0 saturated carbocycles. The van der Waals surface area contributed by atoms with E-state index >= 15 is 0 Å². The van der Waals surface area contributed by atoms with Crippen LogP contribution in [-0.4, -0.2) is 17.6 Å². The van der Waals surface area contributed by atoms with Crippen molar-refractivity contribution < 1.29 is 9.32 Å². The highest BCUT2D eigenvalue weighted by Gasteiger charge is 2.13. The lowest BCUT2D eigenvalue weighted by Gasteiger charge is -1.98. The summed E-state index contributed by atoms with van der Waals surface area (Å²) in [7, 11) is 0. The third kappa shape index (κ3) is 2.99. The average Bonchev–Trinajstić information content (AvgIpc) is 2.86. The van der Waals surface area contributed by atoms with Gasteiger partial charge in [0.1, 0.15) is 5.69 Å². The first-order valence-corrected chi connectivity index (χ1v) is 5.68. The average molecular weight is 263 g/mol. The minimum absolute atomic E-state index is 0.145. The Morgan fingerprint density at radius 2 is 2.11 bits per heavy atom. The summed E-state index contributed by atoms with van der Waals surface area (Å²) in [5, 5.41) is 6.76. The molecule has 2 aromatic rings. The maximum Gasteiger partial charge on any atom is 0.290 e. The zero-order valence-corrected chi connectivity index (χ0v) is 10.3. The molecule has 0 aliphatic heterocycles. The summed E-state index contributed by atoms with van der Waals surface area (Å²) in [4.78, 5) is 11.6. The molecule has 1 aromatic carbocycles. The normalized spacial score (nSPS) is 10.1. The molecule has 92 valence electrons. The molecule has 5 heteroatoms. The third-order valence-corrected chi connectivity index (χ3v) is 2.38. The van der Waals surface area contributed by atoms with E-state index in [9.17, 15) is 4.79 Å². The van der Waals surface area contributed by atoms with Crippen LogP contribution in [0.1, 0.15) is 10.6 Å². The van der Waals surface area contributed by atoms with Crippen molar-refractivity contribution in [2.75, 3.05) is 6.54 Å². The van der Waals surface area contributed by atoms with Crippen LogP contribution in [-0.2, 0) is 0 Å². The number of nitrogens with one attached hydrogen (secondary N) is 1. The third-order valence-electron chi connectivity index (χ3n) is 2.24. The number of aromatic nitrogens is 1. The van der Waals surface area contributed by atoms with Gasteiger partial charge in [0.05, 0.1) is 6.54 Å². The Balaban J connectivity index is 2.11. The first kappa shape index (κ1) is 12.4.